The van der Waals surface area contributed by atoms with Crippen LogP contribution in [0.5, 0.6) is 0 Å². The minimum Gasteiger partial charge on any atom is -0.480 e. The predicted molar refractivity (Wildman–Crippen MR) is 154 cm³/mol. The molecule has 41 heavy (non-hydrogen) atoms. The monoisotopic (exact) mass is 579 g/mol. The van der Waals surface area contributed by atoms with Gasteiger partial charge in [-0.05, 0) is 47.2 Å². The molecule has 1 heterocycles. The molecule has 4 rings (SSSR count). The molecule has 3 aromatic rings. The summed E-state index contributed by atoms with van der Waals surface area (Å²) in [4.78, 5) is 39.8. The smallest absolute Gasteiger partial charge is 0.326 e. The number of aliphatic carboxylic acids is 1. The first-order valence-electron chi connectivity index (χ1n) is 13.2. The molecule has 3 atom stereocenters. The van der Waals surface area contributed by atoms with Crippen molar-refractivity contribution in [2.24, 2.45) is 11.7 Å². The van der Waals surface area contributed by atoms with E-state index in [-0.39, 0.29) is 29.6 Å². The molecule has 0 bridgehead atoms. The number of hydrogen-bond donors (Lipinski definition) is 5. The minimum absolute atomic E-state index is 0.00563. The number of carbonyl (C=O) groups is 3. The van der Waals surface area contributed by atoms with Gasteiger partial charge in [0.25, 0.3) is 0 Å². The highest BCUT2D eigenvalue weighted by molar-refractivity contribution is 7.89. The lowest BCUT2D eigenvalue weighted by molar-refractivity contribution is -0.154. The molecule has 11 nitrogen and oxygen atoms in total. The molecule has 0 aliphatic carbocycles. The fraction of sp³-hybridized carbons (Fsp3) is 0.310. The number of nitrogen functional groups attached to an aromatic ring is 1. The van der Waals surface area contributed by atoms with Gasteiger partial charge in [-0.2, -0.15) is 0 Å². The number of carboxylic acids is 1. The number of nitrogens with zero attached hydrogens (tertiary/aromatic N) is 1. The maximum absolute atomic E-state index is 13.6. The fourth-order valence-electron chi connectivity index (χ4n) is 4.92. The first-order valence-corrected chi connectivity index (χ1v) is 14.7. The van der Waals surface area contributed by atoms with E-state index in [1.807, 2.05) is 19.1 Å². The van der Waals surface area contributed by atoms with E-state index < -0.39 is 46.4 Å². The van der Waals surface area contributed by atoms with Crippen molar-refractivity contribution in [1.29, 1.82) is 5.41 Å². The number of hydrogen-bond acceptors (Lipinski definition) is 6. The van der Waals surface area contributed by atoms with Crippen LogP contribution in [0.2, 0.25) is 0 Å². The van der Waals surface area contributed by atoms with Crippen LogP contribution >= 0.6 is 0 Å². The van der Waals surface area contributed by atoms with Gasteiger partial charge in [0, 0.05) is 18.5 Å². The summed E-state index contributed by atoms with van der Waals surface area (Å²) in [7, 11) is -4.04. The maximum atomic E-state index is 13.6. The quantitative estimate of drug-likeness (QED) is 0.179. The number of carbonyl (C=O) groups excluding carboxylic acids is 2. The van der Waals surface area contributed by atoms with Crippen molar-refractivity contribution in [3.63, 3.8) is 0 Å². The molecule has 216 valence electrons. The van der Waals surface area contributed by atoms with Crippen LogP contribution in [0.3, 0.4) is 0 Å². The molecular weight excluding hydrogens is 546 g/mol. The Morgan fingerprint density at radius 2 is 1.76 bits per heavy atom. The van der Waals surface area contributed by atoms with Crippen molar-refractivity contribution >= 4 is 44.4 Å². The Bertz CT molecular complexity index is 1570. The molecule has 2 unspecified atom stereocenters. The number of likely N-dealkylation sites (tertiary alicyclic amines) is 1. The molecular formula is C29H33N5O6S. The van der Waals surface area contributed by atoms with Crippen LogP contribution in [0.1, 0.15) is 30.9 Å². The Kier molecular flexibility index (Phi) is 9.04. The first kappa shape index (κ1) is 29.7. The Labute approximate surface area is 238 Å². The SMILES string of the molecule is CC1CCN(C(=O)[C@H](Cc2ccc(C(=N)N)cc2)NC(=O)CNS(=O)(=O)c2ccc3ccccc3c2)C(C(=O)O)C1. The molecule has 1 saturated heterocycles. The van der Waals surface area contributed by atoms with E-state index in [2.05, 4.69) is 10.0 Å². The predicted octanol–water partition coefficient (Wildman–Crippen LogP) is 1.84. The van der Waals surface area contributed by atoms with Crippen molar-refractivity contribution in [1.82, 2.24) is 14.9 Å². The maximum Gasteiger partial charge on any atom is 0.326 e. The van der Waals surface area contributed by atoms with E-state index in [1.165, 1.54) is 17.0 Å². The fourth-order valence-corrected chi connectivity index (χ4v) is 5.94. The molecule has 0 saturated carbocycles. The average Bonchev–Trinajstić information content (AvgIpc) is 2.95. The second kappa shape index (κ2) is 12.5. The first-order chi connectivity index (χ1) is 19.4. The van der Waals surface area contributed by atoms with E-state index in [1.54, 1.807) is 42.5 Å². The second-order valence-corrected chi connectivity index (χ2v) is 12.1. The summed E-state index contributed by atoms with van der Waals surface area (Å²) < 4.78 is 28.1. The number of benzene rings is 3. The summed E-state index contributed by atoms with van der Waals surface area (Å²) in [5, 5.41) is 21.5. The summed E-state index contributed by atoms with van der Waals surface area (Å²) >= 11 is 0. The van der Waals surface area contributed by atoms with Crippen molar-refractivity contribution in [3.8, 4) is 0 Å². The van der Waals surface area contributed by atoms with Gasteiger partial charge in [0.1, 0.15) is 17.9 Å². The van der Waals surface area contributed by atoms with Crippen LogP contribution in [-0.2, 0) is 30.8 Å². The highest BCUT2D eigenvalue weighted by atomic mass is 32.2. The van der Waals surface area contributed by atoms with Gasteiger partial charge >= 0.3 is 5.97 Å². The topological polar surface area (TPSA) is 183 Å². The van der Waals surface area contributed by atoms with Crippen LogP contribution in [-0.4, -0.2) is 67.2 Å². The normalized spacial score (nSPS) is 18.0. The molecule has 0 spiro atoms. The van der Waals surface area contributed by atoms with Gasteiger partial charge in [0.15, 0.2) is 0 Å². The van der Waals surface area contributed by atoms with Gasteiger partial charge in [0.2, 0.25) is 21.8 Å². The lowest BCUT2D eigenvalue weighted by Gasteiger charge is -2.38. The molecule has 3 aromatic carbocycles. The third-order valence-electron chi connectivity index (χ3n) is 7.22. The Morgan fingerprint density at radius 1 is 1.07 bits per heavy atom. The van der Waals surface area contributed by atoms with E-state index in [0.29, 0.717) is 24.0 Å². The summed E-state index contributed by atoms with van der Waals surface area (Å²) in [6.07, 6.45) is 0.939. The van der Waals surface area contributed by atoms with Crippen LogP contribution < -0.4 is 15.8 Å². The molecule has 1 aliphatic heterocycles. The lowest BCUT2D eigenvalue weighted by Crippen LogP contribution is -2.57. The largest absolute Gasteiger partial charge is 0.480 e. The van der Waals surface area contributed by atoms with Gasteiger partial charge in [0.05, 0.1) is 11.4 Å². The Hall–Kier alpha value is -4.29. The van der Waals surface area contributed by atoms with E-state index >= 15 is 0 Å². The number of amidine groups is 1. The highest BCUT2D eigenvalue weighted by Crippen LogP contribution is 2.24. The number of nitrogens with one attached hydrogen (secondary N) is 3. The van der Waals surface area contributed by atoms with Gasteiger partial charge in [-0.3, -0.25) is 15.0 Å². The molecule has 0 aromatic heterocycles. The zero-order valence-corrected chi connectivity index (χ0v) is 23.4. The summed E-state index contributed by atoms with van der Waals surface area (Å²) in [6, 6.07) is 16.3. The molecule has 6 N–H and O–H groups in total. The number of nitrogens with two attached hydrogens (primary N) is 1. The van der Waals surface area contributed by atoms with Gasteiger partial charge in [-0.15, -0.1) is 0 Å². The Balaban J connectivity index is 1.51. The number of rotatable bonds is 10. The molecule has 1 aliphatic rings. The third kappa shape index (κ3) is 7.27. The van der Waals surface area contributed by atoms with Crippen molar-refractivity contribution in [2.75, 3.05) is 13.1 Å². The summed E-state index contributed by atoms with van der Waals surface area (Å²) in [6.45, 7) is 1.53. The molecule has 12 heteroatoms. The number of sulfonamides is 1. The van der Waals surface area contributed by atoms with E-state index in [9.17, 15) is 27.9 Å². The average molecular weight is 580 g/mol. The number of fused-ring (bicyclic) bond motifs is 1. The number of amides is 2. The third-order valence-corrected chi connectivity index (χ3v) is 8.62. The Morgan fingerprint density at radius 3 is 2.41 bits per heavy atom. The molecule has 2 amide bonds. The molecule has 0 radical (unpaired) electrons. The van der Waals surface area contributed by atoms with Crippen molar-refractivity contribution in [3.05, 3.63) is 77.9 Å². The standard InChI is InChI=1S/C29H33N5O6S/c1-18-12-13-34(25(14-18)29(37)38)28(36)24(15-19-6-8-21(9-7-19)27(30)31)33-26(35)17-32-41(39,40)23-11-10-20-4-2-3-5-22(20)16-23/h2-11,16,18,24-25,32H,12-15,17H2,1H3,(H3,30,31)(H,33,35)(H,37,38)/t18?,24-,25?/m0/s1. The zero-order chi connectivity index (χ0) is 29.7. The van der Waals surface area contributed by atoms with Gasteiger partial charge in [-0.25, -0.2) is 17.9 Å². The van der Waals surface area contributed by atoms with E-state index in [0.717, 1.165) is 10.8 Å². The minimum atomic E-state index is -4.04. The molecule has 1 fully saturated rings. The summed E-state index contributed by atoms with van der Waals surface area (Å²) in [5.41, 5.74) is 6.65. The van der Waals surface area contributed by atoms with Gasteiger partial charge < -0.3 is 21.1 Å². The van der Waals surface area contributed by atoms with Crippen molar-refractivity contribution < 1.29 is 27.9 Å². The highest BCUT2D eigenvalue weighted by Gasteiger charge is 2.38. The number of piperidine rings is 1. The zero-order valence-electron chi connectivity index (χ0n) is 22.5. The van der Waals surface area contributed by atoms with Crippen LogP contribution in [0, 0.1) is 11.3 Å². The van der Waals surface area contributed by atoms with Crippen LogP contribution in [0.15, 0.2) is 71.6 Å². The van der Waals surface area contributed by atoms with E-state index in [4.69, 9.17) is 11.1 Å². The second-order valence-electron chi connectivity index (χ2n) is 10.3. The van der Waals surface area contributed by atoms with Crippen LogP contribution in [0.25, 0.3) is 10.8 Å². The van der Waals surface area contributed by atoms with Crippen LogP contribution in [0.4, 0.5) is 0 Å². The van der Waals surface area contributed by atoms with Gasteiger partial charge in [-0.1, -0.05) is 61.5 Å². The lowest BCUT2D eigenvalue weighted by atomic mass is 9.91. The van der Waals surface area contributed by atoms with Crippen molar-refractivity contribution in [2.45, 2.75) is 43.2 Å². The number of carboxylic acid groups (broad SMARTS) is 1. The summed E-state index contributed by atoms with van der Waals surface area (Å²) in [5.74, 6) is -2.43.